The Morgan fingerprint density at radius 2 is 1.58 bits per heavy atom. The molecular weight excluding hydrogens is 400 g/mol. The van der Waals surface area contributed by atoms with E-state index in [-0.39, 0.29) is 0 Å². The van der Waals surface area contributed by atoms with Gasteiger partial charge in [-0.1, -0.05) is 70.3 Å². The van der Waals surface area contributed by atoms with E-state index >= 15 is 0 Å². The SMILES string of the molecule is CCCCCOc1ccc2c(c1)N(CCCCCCN(CC)CC)c1ccccc1S2. The zero-order valence-electron chi connectivity index (χ0n) is 19.7. The van der Waals surface area contributed by atoms with Crippen molar-refractivity contribution in [3.8, 4) is 5.75 Å². The summed E-state index contributed by atoms with van der Waals surface area (Å²) in [5.74, 6) is 0.999. The van der Waals surface area contributed by atoms with E-state index in [9.17, 15) is 0 Å². The molecule has 0 atom stereocenters. The van der Waals surface area contributed by atoms with Crippen molar-refractivity contribution in [3.63, 3.8) is 0 Å². The predicted octanol–water partition coefficient (Wildman–Crippen LogP) is 7.76. The van der Waals surface area contributed by atoms with E-state index in [0.29, 0.717) is 0 Å². The first-order valence-corrected chi connectivity index (χ1v) is 13.1. The maximum atomic E-state index is 6.07. The van der Waals surface area contributed by atoms with Crippen molar-refractivity contribution in [3.05, 3.63) is 42.5 Å². The summed E-state index contributed by atoms with van der Waals surface area (Å²) in [5.41, 5.74) is 2.64. The smallest absolute Gasteiger partial charge is 0.121 e. The first kappa shape index (κ1) is 24.0. The summed E-state index contributed by atoms with van der Waals surface area (Å²) in [5, 5.41) is 0. The van der Waals surface area contributed by atoms with Crippen molar-refractivity contribution in [2.75, 3.05) is 37.7 Å². The van der Waals surface area contributed by atoms with Crippen LogP contribution in [-0.2, 0) is 0 Å². The van der Waals surface area contributed by atoms with Crippen molar-refractivity contribution in [1.82, 2.24) is 4.90 Å². The predicted molar refractivity (Wildman–Crippen MR) is 135 cm³/mol. The first-order valence-electron chi connectivity index (χ1n) is 12.3. The average Bonchev–Trinajstić information content (AvgIpc) is 2.81. The Morgan fingerprint density at radius 3 is 2.39 bits per heavy atom. The van der Waals surface area contributed by atoms with E-state index in [0.717, 1.165) is 25.3 Å². The number of hydrogen-bond acceptors (Lipinski definition) is 4. The second-order valence-corrected chi connectivity index (χ2v) is 9.43. The lowest BCUT2D eigenvalue weighted by Crippen LogP contribution is -2.24. The fourth-order valence-electron chi connectivity index (χ4n) is 4.18. The van der Waals surface area contributed by atoms with Crippen LogP contribution < -0.4 is 9.64 Å². The Bertz CT molecular complexity index is 791. The number of fused-ring (bicyclic) bond motifs is 2. The molecule has 0 fully saturated rings. The van der Waals surface area contributed by atoms with Gasteiger partial charge in [0.25, 0.3) is 0 Å². The van der Waals surface area contributed by atoms with Crippen LogP contribution in [-0.4, -0.2) is 37.7 Å². The molecule has 0 unspecified atom stereocenters. The minimum atomic E-state index is 0.808. The Hall–Kier alpha value is -1.65. The van der Waals surface area contributed by atoms with Gasteiger partial charge in [-0.2, -0.15) is 0 Å². The molecule has 4 heteroatoms. The molecule has 2 aromatic rings. The Balaban J connectivity index is 1.62. The molecule has 0 spiro atoms. The maximum Gasteiger partial charge on any atom is 0.121 e. The number of anilines is 2. The summed E-state index contributed by atoms with van der Waals surface area (Å²) in [6.45, 7) is 12.2. The quantitative estimate of drug-likeness (QED) is 0.279. The van der Waals surface area contributed by atoms with Gasteiger partial charge in [-0.25, -0.2) is 0 Å². The summed E-state index contributed by atoms with van der Waals surface area (Å²) >= 11 is 1.88. The zero-order valence-corrected chi connectivity index (χ0v) is 20.6. The van der Waals surface area contributed by atoms with E-state index in [1.807, 2.05) is 11.8 Å². The highest BCUT2D eigenvalue weighted by Gasteiger charge is 2.23. The van der Waals surface area contributed by atoms with Crippen LogP contribution >= 0.6 is 11.8 Å². The lowest BCUT2D eigenvalue weighted by molar-refractivity contribution is 0.295. The molecule has 31 heavy (non-hydrogen) atoms. The van der Waals surface area contributed by atoms with Gasteiger partial charge >= 0.3 is 0 Å². The normalized spacial score (nSPS) is 12.7. The van der Waals surface area contributed by atoms with E-state index in [1.165, 1.54) is 79.3 Å². The molecule has 0 aromatic heterocycles. The Morgan fingerprint density at radius 1 is 0.806 bits per heavy atom. The minimum Gasteiger partial charge on any atom is -0.494 e. The number of hydrogen-bond donors (Lipinski definition) is 0. The summed E-state index contributed by atoms with van der Waals surface area (Å²) in [7, 11) is 0. The fourth-order valence-corrected chi connectivity index (χ4v) is 5.26. The zero-order chi connectivity index (χ0) is 21.9. The van der Waals surface area contributed by atoms with Crippen LogP contribution in [0.15, 0.2) is 52.3 Å². The maximum absolute atomic E-state index is 6.07. The highest BCUT2D eigenvalue weighted by Crippen LogP contribution is 2.49. The van der Waals surface area contributed by atoms with Crippen molar-refractivity contribution >= 4 is 23.1 Å². The molecule has 0 bridgehead atoms. The lowest BCUT2D eigenvalue weighted by Gasteiger charge is -2.33. The lowest BCUT2D eigenvalue weighted by atomic mass is 10.1. The summed E-state index contributed by atoms with van der Waals surface area (Å²) in [6.07, 6.45) is 8.71. The second kappa shape index (κ2) is 13.0. The summed E-state index contributed by atoms with van der Waals surface area (Å²) in [6, 6.07) is 15.4. The number of para-hydroxylation sites is 1. The van der Waals surface area contributed by atoms with Gasteiger partial charge in [0.2, 0.25) is 0 Å². The topological polar surface area (TPSA) is 15.7 Å². The molecule has 0 N–H and O–H groups in total. The van der Waals surface area contributed by atoms with Crippen LogP contribution in [0.5, 0.6) is 5.75 Å². The van der Waals surface area contributed by atoms with Gasteiger partial charge in [0.15, 0.2) is 0 Å². The van der Waals surface area contributed by atoms with Crippen LogP contribution in [0.1, 0.15) is 65.7 Å². The van der Waals surface area contributed by atoms with Crippen LogP contribution in [0, 0.1) is 0 Å². The molecule has 0 saturated heterocycles. The van der Waals surface area contributed by atoms with Gasteiger partial charge in [0.05, 0.1) is 18.0 Å². The van der Waals surface area contributed by atoms with E-state index < -0.39 is 0 Å². The first-order chi connectivity index (χ1) is 15.3. The molecule has 0 saturated carbocycles. The van der Waals surface area contributed by atoms with Gasteiger partial charge in [-0.15, -0.1) is 0 Å². The third kappa shape index (κ3) is 6.92. The van der Waals surface area contributed by atoms with Crippen LogP contribution in [0.3, 0.4) is 0 Å². The van der Waals surface area contributed by atoms with Gasteiger partial charge < -0.3 is 14.5 Å². The molecule has 3 nitrogen and oxygen atoms in total. The van der Waals surface area contributed by atoms with Gasteiger partial charge in [-0.05, 0) is 63.2 Å². The second-order valence-electron chi connectivity index (χ2n) is 8.35. The van der Waals surface area contributed by atoms with Gasteiger partial charge in [-0.3, -0.25) is 0 Å². The van der Waals surface area contributed by atoms with E-state index in [2.05, 4.69) is 73.0 Å². The average molecular weight is 441 g/mol. The third-order valence-corrected chi connectivity index (χ3v) is 7.24. The molecule has 0 amide bonds. The van der Waals surface area contributed by atoms with Crippen molar-refractivity contribution in [2.24, 2.45) is 0 Å². The van der Waals surface area contributed by atoms with Crippen molar-refractivity contribution < 1.29 is 4.74 Å². The molecule has 2 aromatic carbocycles. The van der Waals surface area contributed by atoms with Crippen molar-refractivity contribution in [1.29, 1.82) is 0 Å². The molecule has 1 aliphatic heterocycles. The fraction of sp³-hybridized carbons (Fsp3) is 0.556. The molecule has 1 heterocycles. The molecular formula is C27H40N2OS. The highest BCUT2D eigenvalue weighted by atomic mass is 32.2. The number of rotatable bonds is 14. The van der Waals surface area contributed by atoms with Gasteiger partial charge in [0, 0.05) is 22.4 Å². The van der Waals surface area contributed by atoms with Gasteiger partial charge in [0.1, 0.15) is 5.75 Å². The molecule has 3 rings (SSSR count). The standard InChI is InChI=1S/C27H40N2OS/c1-4-7-14-21-30-23-17-18-27-25(22-23)29(24-15-10-11-16-26(24)31-27)20-13-9-8-12-19-28(5-2)6-3/h10-11,15-18,22H,4-9,12-14,19-21H2,1-3H3. The number of unbranched alkanes of at least 4 members (excludes halogenated alkanes) is 5. The summed E-state index contributed by atoms with van der Waals surface area (Å²) < 4.78 is 6.07. The molecule has 170 valence electrons. The minimum absolute atomic E-state index is 0.808. The number of nitrogens with zero attached hydrogens (tertiary/aromatic N) is 2. The monoisotopic (exact) mass is 440 g/mol. The number of ether oxygens (including phenoxy) is 1. The van der Waals surface area contributed by atoms with E-state index in [4.69, 9.17) is 4.74 Å². The van der Waals surface area contributed by atoms with Crippen molar-refractivity contribution in [2.45, 2.75) is 75.5 Å². The molecule has 0 radical (unpaired) electrons. The molecule has 1 aliphatic rings. The number of benzene rings is 2. The summed E-state index contributed by atoms with van der Waals surface area (Å²) in [4.78, 5) is 7.73. The van der Waals surface area contributed by atoms with Crippen LogP contribution in [0.4, 0.5) is 11.4 Å². The van der Waals surface area contributed by atoms with Crippen LogP contribution in [0.25, 0.3) is 0 Å². The Labute approximate surface area is 194 Å². The largest absolute Gasteiger partial charge is 0.494 e. The molecule has 0 aliphatic carbocycles. The highest BCUT2D eigenvalue weighted by molar-refractivity contribution is 7.99. The van der Waals surface area contributed by atoms with Crippen LogP contribution in [0.2, 0.25) is 0 Å². The Kier molecular flexibility index (Phi) is 10.1. The third-order valence-electron chi connectivity index (χ3n) is 6.11. The van der Waals surface area contributed by atoms with E-state index in [1.54, 1.807) is 0 Å².